The molecule has 0 spiro atoms. The van der Waals surface area contributed by atoms with Crippen molar-refractivity contribution in [2.24, 2.45) is 10.2 Å². The van der Waals surface area contributed by atoms with Crippen LogP contribution in [0.4, 0.5) is 11.8 Å². The molecule has 6 nitrogen and oxygen atoms in total. The summed E-state index contributed by atoms with van der Waals surface area (Å²) >= 11 is 6.19. The Balaban J connectivity index is 1.64. The molecule has 3 aromatic carbocycles. The zero-order valence-corrected chi connectivity index (χ0v) is 15.8. The standard InChI is InChI=1S/C22H14ClN5O/c23-14-10-11-18-16(12-14)19(13-6-2-1-3-7-13)26-22(25-18)28-27-21-20(29)15-8-4-5-9-17(15)24-21/h1-12,24,29H. The number of nitrogens with one attached hydrogen (secondary N) is 1. The van der Waals surface area contributed by atoms with Crippen LogP contribution < -0.4 is 0 Å². The average Bonchev–Trinajstić information content (AvgIpc) is 3.08. The number of fused-ring (bicyclic) bond motifs is 2. The highest BCUT2D eigenvalue weighted by molar-refractivity contribution is 6.31. The molecular formula is C22H14ClN5O. The van der Waals surface area contributed by atoms with E-state index in [0.29, 0.717) is 21.6 Å². The summed E-state index contributed by atoms with van der Waals surface area (Å²) in [6, 6.07) is 22.6. The highest BCUT2D eigenvalue weighted by atomic mass is 35.5. The van der Waals surface area contributed by atoms with Gasteiger partial charge in [0.1, 0.15) is 0 Å². The molecule has 2 N–H and O–H groups in total. The predicted octanol–water partition coefficient (Wildman–Crippen LogP) is 6.55. The minimum absolute atomic E-state index is 0.0419. The van der Waals surface area contributed by atoms with Crippen LogP contribution in [0, 0.1) is 0 Å². The van der Waals surface area contributed by atoms with E-state index in [4.69, 9.17) is 11.6 Å². The van der Waals surface area contributed by atoms with Gasteiger partial charge in [-0.05, 0) is 30.3 Å². The third kappa shape index (κ3) is 3.19. The number of hydrogen-bond acceptors (Lipinski definition) is 5. The highest BCUT2D eigenvalue weighted by Gasteiger charge is 2.12. The molecule has 0 bridgehead atoms. The molecule has 0 atom stereocenters. The van der Waals surface area contributed by atoms with E-state index in [9.17, 15) is 5.11 Å². The van der Waals surface area contributed by atoms with Crippen molar-refractivity contribution in [3.05, 3.63) is 77.8 Å². The van der Waals surface area contributed by atoms with Gasteiger partial charge in [-0.1, -0.05) is 54.1 Å². The van der Waals surface area contributed by atoms with E-state index in [0.717, 1.165) is 16.5 Å². The fraction of sp³-hybridized carbons (Fsp3) is 0. The Labute approximate surface area is 170 Å². The molecule has 7 heteroatoms. The van der Waals surface area contributed by atoms with Crippen molar-refractivity contribution in [1.29, 1.82) is 0 Å². The number of nitrogens with zero attached hydrogens (tertiary/aromatic N) is 4. The molecule has 0 aliphatic carbocycles. The molecule has 29 heavy (non-hydrogen) atoms. The van der Waals surface area contributed by atoms with E-state index >= 15 is 0 Å². The monoisotopic (exact) mass is 399 g/mol. The van der Waals surface area contributed by atoms with Crippen LogP contribution in [-0.2, 0) is 0 Å². The van der Waals surface area contributed by atoms with Crippen LogP contribution in [0.3, 0.4) is 0 Å². The van der Waals surface area contributed by atoms with Gasteiger partial charge >= 0.3 is 0 Å². The van der Waals surface area contributed by atoms with Gasteiger partial charge in [0.05, 0.1) is 16.7 Å². The Bertz CT molecular complexity index is 1380. The van der Waals surface area contributed by atoms with Gasteiger partial charge in [0.2, 0.25) is 0 Å². The minimum Gasteiger partial charge on any atom is -0.504 e. The van der Waals surface area contributed by atoms with E-state index < -0.39 is 0 Å². The molecule has 5 aromatic rings. The van der Waals surface area contributed by atoms with Crippen molar-refractivity contribution in [2.45, 2.75) is 0 Å². The van der Waals surface area contributed by atoms with Gasteiger partial charge in [0.25, 0.3) is 5.95 Å². The van der Waals surface area contributed by atoms with E-state index in [1.165, 1.54) is 0 Å². The first-order valence-corrected chi connectivity index (χ1v) is 9.31. The molecule has 0 amide bonds. The molecule has 5 rings (SSSR count). The maximum Gasteiger partial charge on any atom is 0.270 e. The van der Waals surface area contributed by atoms with Gasteiger partial charge in [-0.2, -0.15) is 0 Å². The first-order chi connectivity index (χ1) is 14.2. The number of H-pyrrole nitrogens is 1. The fourth-order valence-corrected chi connectivity index (χ4v) is 3.40. The maximum atomic E-state index is 10.4. The zero-order chi connectivity index (χ0) is 19.8. The quantitative estimate of drug-likeness (QED) is 0.337. The van der Waals surface area contributed by atoms with Crippen LogP contribution in [0.15, 0.2) is 83.0 Å². The van der Waals surface area contributed by atoms with E-state index in [2.05, 4.69) is 25.2 Å². The van der Waals surface area contributed by atoms with Crippen molar-refractivity contribution in [3.63, 3.8) is 0 Å². The summed E-state index contributed by atoms with van der Waals surface area (Å²) in [5, 5.41) is 20.8. The van der Waals surface area contributed by atoms with Crippen LogP contribution in [0.2, 0.25) is 5.02 Å². The van der Waals surface area contributed by atoms with Crippen LogP contribution in [0.25, 0.3) is 33.1 Å². The molecule has 0 aliphatic heterocycles. The number of rotatable bonds is 3. The Hall–Kier alpha value is -3.77. The van der Waals surface area contributed by atoms with E-state index in [1.54, 1.807) is 6.07 Å². The lowest BCUT2D eigenvalue weighted by Gasteiger charge is -2.07. The summed E-state index contributed by atoms with van der Waals surface area (Å²) in [6.45, 7) is 0. The van der Waals surface area contributed by atoms with Crippen LogP contribution in [0.5, 0.6) is 5.75 Å². The maximum absolute atomic E-state index is 10.4. The van der Waals surface area contributed by atoms with E-state index in [-0.39, 0.29) is 17.5 Å². The first-order valence-electron chi connectivity index (χ1n) is 8.93. The second-order valence-corrected chi connectivity index (χ2v) is 6.90. The van der Waals surface area contributed by atoms with Gasteiger partial charge in [0.15, 0.2) is 11.6 Å². The molecule has 0 saturated carbocycles. The highest BCUT2D eigenvalue weighted by Crippen LogP contribution is 2.36. The van der Waals surface area contributed by atoms with Crippen LogP contribution in [-0.4, -0.2) is 20.1 Å². The van der Waals surface area contributed by atoms with Gasteiger partial charge in [0, 0.05) is 21.4 Å². The molecular weight excluding hydrogens is 386 g/mol. The summed E-state index contributed by atoms with van der Waals surface area (Å²) < 4.78 is 0. The molecule has 0 fully saturated rings. The number of benzene rings is 3. The zero-order valence-electron chi connectivity index (χ0n) is 15.0. The number of aromatic nitrogens is 3. The largest absolute Gasteiger partial charge is 0.504 e. The molecule has 0 radical (unpaired) electrons. The van der Waals surface area contributed by atoms with Crippen molar-refractivity contribution < 1.29 is 5.11 Å². The molecule has 2 aromatic heterocycles. The normalized spacial score (nSPS) is 11.6. The van der Waals surface area contributed by atoms with Crippen LogP contribution in [0.1, 0.15) is 0 Å². The van der Waals surface area contributed by atoms with E-state index in [1.807, 2.05) is 66.7 Å². The van der Waals surface area contributed by atoms with Gasteiger partial charge in [-0.3, -0.25) is 0 Å². The fourth-order valence-electron chi connectivity index (χ4n) is 3.23. The summed E-state index contributed by atoms with van der Waals surface area (Å²) in [6.07, 6.45) is 0. The lowest BCUT2D eigenvalue weighted by atomic mass is 10.1. The number of para-hydroxylation sites is 1. The van der Waals surface area contributed by atoms with Gasteiger partial charge in [-0.15, -0.1) is 10.2 Å². The second kappa shape index (κ2) is 7.00. The Morgan fingerprint density at radius 2 is 1.62 bits per heavy atom. The predicted molar refractivity (Wildman–Crippen MR) is 114 cm³/mol. The molecule has 140 valence electrons. The topological polar surface area (TPSA) is 86.5 Å². The average molecular weight is 400 g/mol. The smallest absolute Gasteiger partial charge is 0.270 e. The lowest BCUT2D eigenvalue weighted by Crippen LogP contribution is -1.90. The number of aromatic amines is 1. The number of aromatic hydroxyl groups is 1. The number of azo groups is 1. The Morgan fingerprint density at radius 1 is 0.828 bits per heavy atom. The number of halogens is 1. The van der Waals surface area contributed by atoms with Crippen molar-refractivity contribution in [3.8, 4) is 17.0 Å². The summed E-state index contributed by atoms with van der Waals surface area (Å²) in [5.41, 5.74) is 3.12. The van der Waals surface area contributed by atoms with Crippen molar-refractivity contribution >= 4 is 45.2 Å². The van der Waals surface area contributed by atoms with Gasteiger partial charge < -0.3 is 10.1 Å². The summed E-state index contributed by atoms with van der Waals surface area (Å²) in [5.74, 6) is 0.490. The third-order valence-electron chi connectivity index (χ3n) is 4.59. The molecule has 0 saturated heterocycles. The van der Waals surface area contributed by atoms with Crippen LogP contribution >= 0.6 is 11.6 Å². The minimum atomic E-state index is 0.0419. The Morgan fingerprint density at radius 3 is 2.45 bits per heavy atom. The lowest BCUT2D eigenvalue weighted by molar-refractivity contribution is 0.482. The van der Waals surface area contributed by atoms with Crippen molar-refractivity contribution in [2.75, 3.05) is 0 Å². The third-order valence-corrected chi connectivity index (χ3v) is 4.83. The SMILES string of the molecule is Oc1c(N=Nc2nc(-c3ccccc3)c3cc(Cl)ccc3n2)[nH]c2ccccc12. The molecule has 0 unspecified atom stereocenters. The summed E-state index contributed by atoms with van der Waals surface area (Å²) in [7, 11) is 0. The van der Waals surface area contributed by atoms with Crippen molar-refractivity contribution in [1.82, 2.24) is 15.0 Å². The van der Waals surface area contributed by atoms with Gasteiger partial charge in [-0.25, -0.2) is 9.97 Å². The first kappa shape index (κ1) is 17.3. The second-order valence-electron chi connectivity index (χ2n) is 6.47. The Kier molecular flexibility index (Phi) is 4.18. The molecule has 0 aliphatic rings. The molecule has 2 heterocycles. The number of hydrogen-bond donors (Lipinski definition) is 2. The summed E-state index contributed by atoms with van der Waals surface area (Å²) in [4.78, 5) is 12.1.